The van der Waals surface area contributed by atoms with E-state index >= 15 is 0 Å². The van der Waals surface area contributed by atoms with Gasteiger partial charge in [0.15, 0.2) is 0 Å². The first-order valence-corrected chi connectivity index (χ1v) is 5.31. The molecule has 9 heteroatoms. The SMILES string of the molecule is NC(=O)N[C@H]1CC(O[P+](=O)O)[C@@H](CO)O1. The van der Waals surface area contributed by atoms with Gasteiger partial charge in [0.05, 0.1) is 6.61 Å². The summed E-state index contributed by atoms with van der Waals surface area (Å²) in [6.07, 6.45) is -2.02. The largest absolute Gasteiger partial charge is 0.695 e. The van der Waals surface area contributed by atoms with Gasteiger partial charge in [-0.3, -0.25) is 0 Å². The minimum Gasteiger partial charge on any atom is -0.394 e. The molecule has 1 rings (SSSR count). The molecule has 1 aliphatic rings. The number of carbonyl (C=O) groups excluding carboxylic acids is 1. The summed E-state index contributed by atoms with van der Waals surface area (Å²) in [5.74, 6) is 0. The molecule has 0 bridgehead atoms. The molecular weight excluding hydrogens is 227 g/mol. The summed E-state index contributed by atoms with van der Waals surface area (Å²) < 4.78 is 20.1. The molecular formula is C6H12N2O6P+. The normalized spacial score (nSPS) is 31.3. The lowest BCUT2D eigenvalue weighted by Gasteiger charge is -2.11. The molecule has 8 nitrogen and oxygen atoms in total. The lowest BCUT2D eigenvalue weighted by Crippen LogP contribution is -2.38. The maximum Gasteiger partial charge on any atom is 0.695 e. The Morgan fingerprint density at radius 3 is 2.87 bits per heavy atom. The summed E-state index contributed by atoms with van der Waals surface area (Å²) in [7, 11) is -2.77. The number of urea groups is 1. The second-order valence-corrected chi connectivity index (χ2v) is 3.66. The topological polar surface area (TPSA) is 131 Å². The highest BCUT2D eigenvalue weighted by atomic mass is 31.1. The number of nitrogens with one attached hydrogen (secondary N) is 1. The van der Waals surface area contributed by atoms with Crippen molar-refractivity contribution >= 4 is 14.3 Å². The standard InChI is InChI=1S/C6H11N2O6P/c7-6(10)8-5-1-3(14-15(11)12)4(2-9)13-5/h3-5,9H,1-2H2,(H3-,7,8,10,11,12)/p+1/t3?,4-,5-/m1/s1. The summed E-state index contributed by atoms with van der Waals surface area (Å²) in [6, 6.07) is -0.772. The van der Waals surface area contributed by atoms with E-state index in [0.717, 1.165) is 0 Å². The van der Waals surface area contributed by atoms with Crippen LogP contribution < -0.4 is 11.1 Å². The Kier molecular flexibility index (Phi) is 4.37. The van der Waals surface area contributed by atoms with Crippen molar-refractivity contribution in [3.8, 4) is 0 Å². The molecule has 2 amide bonds. The molecule has 0 saturated carbocycles. The molecule has 0 aromatic carbocycles. The van der Waals surface area contributed by atoms with Crippen molar-refractivity contribution in [2.45, 2.75) is 24.9 Å². The van der Waals surface area contributed by atoms with E-state index in [1.165, 1.54) is 0 Å². The monoisotopic (exact) mass is 239 g/mol. The van der Waals surface area contributed by atoms with Crippen molar-refractivity contribution in [2.24, 2.45) is 5.73 Å². The van der Waals surface area contributed by atoms with Crippen LogP contribution in [0.3, 0.4) is 0 Å². The molecule has 4 atom stereocenters. The summed E-state index contributed by atoms with van der Waals surface area (Å²) in [5.41, 5.74) is 4.87. The average Bonchev–Trinajstić information content (AvgIpc) is 2.45. The number of nitrogens with two attached hydrogens (primary N) is 1. The van der Waals surface area contributed by atoms with Gasteiger partial charge in [0, 0.05) is 11.0 Å². The van der Waals surface area contributed by atoms with Crippen LogP contribution in [0, 0.1) is 0 Å². The Morgan fingerprint density at radius 2 is 2.40 bits per heavy atom. The van der Waals surface area contributed by atoms with Crippen molar-refractivity contribution in [1.29, 1.82) is 0 Å². The van der Waals surface area contributed by atoms with Crippen LogP contribution >= 0.6 is 8.25 Å². The van der Waals surface area contributed by atoms with E-state index in [4.69, 9.17) is 20.5 Å². The smallest absolute Gasteiger partial charge is 0.394 e. The van der Waals surface area contributed by atoms with Crippen molar-refractivity contribution in [2.75, 3.05) is 6.61 Å². The molecule has 2 unspecified atom stereocenters. The van der Waals surface area contributed by atoms with Gasteiger partial charge in [0.2, 0.25) is 0 Å². The fraction of sp³-hybridized carbons (Fsp3) is 0.833. The molecule has 86 valence electrons. The van der Waals surface area contributed by atoms with Crippen molar-refractivity contribution in [3.05, 3.63) is 0 Å². The third-order valence-corrected chi connectivity index (χ3v) is 2.36. The maximum atomic E-state index is 10.5. The number of rotatable bonds is 4. The van der Waals surface area contributed by atoms with Crippen LogP contribution in [0.5, 0.6) is 0 Å². The Hall–Kier alpha value is -0.790. The van der Waals surface area contributed by atoms with Crippen LogP contribution in [0.15, 0.2) is 0 Å². The Morgan fingerprint density at radius 1 is 1.73 bits per heavy atom. The number of aliphatic hydroxyl groups excluding tert-OH is 1. The van der Waals surface area contributed by atoms with Gasteiger partial charge in [-0.15, -0.1) is 9.42 Å². The summed E-state index contributed by atoms with van der Waals surface area (Å²) in [6.45, 7) is -0.370. The number of hydrogen-bond donors (Lipinski definition) is 4. The molecule has 15 heavy (non-hydrogen) atoms. The van der Waals surface area contributed by atoms with Gasteiger partial charge in [0.1, 0.15) is 18.4 Å². The Bertz CT molecular complexity index is 262. The van der Waals surface area contributed by atoms with E-state index in [-0.39, 0.29) is 13.0 Å². The average molecular weight is 239 g/mol. The molecule has 1 heterocycles. The second kappa shape index (κ2) is 5.34. The minimum atomic E-state index is -2.77. The number of carbonyl (C=O) groups is 1. The van der Waals surface area contributed by atoms with Crippen LogP contribution in [0.25, 0.3) is 0 Å². The molecule has 1 aliphatic heterocycles. The molecule has 0 aromatic rings. The third kappa shape index (κ3) is 3.69. The van der Waals surface area contributed by atoms with E-state index < -0.39 is 32.7 Å². The Labute approximate surface area is 86.3 Å². The highest BCUT2D eigenvalue weighted by Crippen LogP contribution is 2.29. The van der Waals surface area contributed by atoms with Gasteiger partial charge < -0.3 is 20.9 Å². The van der Waals surface area contributed by atoms with Crippen LogP contribution in [-0.2, 0) is 13.8 Å². The quantitative estimate of drug-likeness (QED) is 0.455. The number of primary amides is 1. The van der Waals surface area contributed by atoms with Crippen LogP contribution in [0.4, 0.5) is 4.79 Å². The lowest BCUT2D eigenvalue weighted by molar-refractivity contribution is -0.0221. The van der Waals surface area contributed by atoms with Gasteiger partial charge in [0.25, 0.3) is 0 Å². The molecule has 0 spiro atoms. The minimum absolute atomic E-state index is 0.163. The molecule has 1 saturated heterocycles. The molecule has 0 radical (unpaired) electrons. The third-order valence-electron chi connectivity index (χ3n) is 1.91. The lowest BCUT2D eigenvalue weighted by atomic mass is 10.2. The summed E-state index contributed by atoms with van der Waals surface area (Å²) in [5, 5.41) is 11.1. The van der Waals surface area contributed by atoms with E-state index in [1.54, 1.807) is 0 Å². The first-order valence-electron chi connectivity index (χ1n) is 4.18. The summed E-state index contributed by atoms with van der Waals surface area (Å²) in [4.78, 5) is 19.0. The predicted octanol–water partition coefficient (Wildman–Crippen LogP) is -1.20. The maximum absolute atomic E-state index is 10.5. The van der Waals surface area contributed by atoms with E-state index in [0.29, 0.717) is 0 Å². The molecule has 0 aliphatic carbocycles. The van der Waals surface area contributed by atoms with E-state index in [9.17, 15) is 9.36 Å². The zero-order valence-electron chi connectivity index (χ0n) is 7.70. The fourth-order valence-corrected chi connectivity index (χ4v) is 1.81. The number of aliphatic hydroxyl groups is 1. The zero-order chi connectivity index (χ0) is 11.4. The zero-order valence-corrected chi connectivity index (χ0v) is 8.59. The first kappa shape index (κ1) is 12.3. The van der Waals surface area contributed by atoms with Crippen molar-refractivity contribution < 1.29 is 28.6 Å². The highest BCUT2D eigenvalue weighted by molar-refractivity contribution is 7.32. The number of ether oxygens (including phenoxy) is 1. The van der Waals surface area contributed by atoms with Crippen molar-refractivity contribution in [3.63, 3.8) is 0 Å². The summed E-state index contributed by atoms with van der Waals surface area (Å²) >= 11 is 0. The van der Waals surface area contributed by atoms with E-state index in [1.807, 2.05) is 0 Å². The van der Waals surface area contributed by atoms with Crippen LogP contribution in [0.1, 0.15) is 6.42 Å². The van der Waals surface area contributed by atoms with Gasteiger partial charge >= 0.3 is 14.3 Å². The van der Waals surface area contributed by atoms with Gasteiger partial charge in [-0.2, -0.15) is 0 Å². The predicted molar refractivity (Wildman–Crippen MR) is 47.8 cm³/mol. The van der Waals surface area contributed by atoms with E-state index in [2.05, 4.69) is 9.84 Å². The highest BCUT2D eigenvalue weighted by Gasteiger charge is 2.41. The molecule has 0 aromatic heterocycles. The van der Waals surface area contributed by atoms with Gasteiger partial charge in [-0.1, -0.05) is 0 Å². The molecule has 5 N–H and O–H groups in total. The van der Waals surface area contributed by atoms with Crippen LogP contribution in [0.2, 0.25) is 0 Å². The fourth-order valence-electron chi connectivity index (χ4n) is 1.36. The molecule has 1 fully saturated rings. The van der Waals surface area contributed by atoms with Crippen molar-refractivity contribution in [1.82, 2.24) is 5.32 Å². The first-order chi connectivity index (χ1) is 7.02. The number of hydrogen-bond acceptors (Lipinski definition) is 5. The van der Waals surface area contributed by atoms with Gasteiger partial charge in [-0.25, -0.2) is 4.79 Å². The van der Waals surface area contributed by atoms with Gasteiger partial charge in [-0.05, 0) is 0 Å². The van der Waals surface area contributed by atoms with Crippen LogP contribution in [-0.4, -0.2) is 41.1 Å². The second-order valence-electron chi connectivity index (χ2n) is 2.97. The number of amides is 2. The Balaban J connectivity index is 2.50.